The summed E-state index contributed by atoms with van der Waals surface area (Å²) < 4.78 is 1.90. The first-order valence-electron chi connectivity index (χ1n) is 11.4. The van der Waals surface area contributed by atoms with E-state index in [9.17, 15) is 0 Å². The zero-order valence-corrected chi connectivity index (χ0v) is 20.2. The van der Waals surface area contributed by atoms with Crippen molar-refractivity contribution in [2.24, 2.45) is 0 Å². The molecule has 0 aliphatic carbocycles. The van der Waals surface area contributed by atoms with Crippen molar-refractivity contribution in [2.45, 2.75) is 33.1 Å². The zero-order chi connectivity index (χ0) is 23.9. The topological polar surface area (TPSA) is 46.3 Å². The Bertz CT molecular complexity index is 1560. The molecule has 0 aliphatic rings. The van der Waals surface area contributed by atoms with Gasteiger partial charge in [-0.2, -0.15) is 4.98 Å². The van der Waals surface area contributed by atoms with Crippen LogP contribution in [0.5, 0.6) is 0 Å². The van der Waals surface area contributed by atoms with Gasteiger partial charge < -0.3 is 4.90 Å². The second-order valence-electron chi connectivity index (χ2n) is 9.48. The Balaban J connectivity index is 1.59. The van der Waals surface area contributed by atoms with Crippen LogP contribution < -0.4 is 4.90 Å². The summed E-state index contributed by atoms with van der Waals surface area (Å²) in [6.07, 6.45) is 1.69. The van der Waals surface area contributed by atoms with E-state index in [1.165, 1.54) is 11.1 Å². The highest BCUT2D eigenvalue weighted by molar-refractivity contribution is 5.94. The van der Waals surface area contributed by atoms with Gasteiger partial charge in [0.2, 0.25) is 0 Å². The van der Waals surface area contributed by atoms with Crippen LogP contribution in [0.1, 0.15) is 38.8 Å². The third-order valence-electron chi connectivity index (χ3n) is 6.14. The zero-order valence-electron chi connectivity index (χ0n) is 20.2. The molecule has 5 nitrogen and oxygen atoms in total. The monoisotopic (exact) mass is 445 g/mol. The minimum Gasteiger partial charge on any atom is -0.329 e. The van der Waals surface area contributed by atoms with E-state index in [0.29, 0.717) is 5.78 Å². The number of hydrogen-bond donors (Lipinski definition) is 0. The highest BCUT2D eigenvalue weighted by atomic mass is 15.3. The smallest absolute Gasteiger partial charge is 0.257 e. The molecule has 0 amide bonds. The first-order chi connectivity index (χ1) is 16.3. The molecule has 5 rings (SSSR count). The normalized spacial score (nSPS) is 11.4. The van der Waals surface area contributed by atoms with Gasteiger partial charge in [-0.25, -0.2) is 0 Å². The van der Waals surface area contributed by atoms with Gasteiger partial charge in [0, 0.05) is 23.7 Å². The number of aromatic nitrogens is 4. The molecule has 0 fully saturated rings. The highest BCUT2D eigenvalue weighted by Gasteiger charge is 2.16. The SMILES string of the molecule is CC#Cc1ccc2c(N(C)c3cccc(-c4ccc(C(C)(C)C)cc4)c3)nc3nncn3c2c1. The molecule has 168 valence electrons. The van der Waals surface area contributed by atoms with Crippen LogP contribution in [0.25, 0.3) is 27.8 Å². The van der Waals surface area contributed by atoms with Gasteiger partial charge in [-0.15, -0.1) is 16.1 Å². The lowest BCUT2D eigenvalue weighted by Crippen LogP contribution is -2.13. The summed E-state index contributed by atoms with van der Waals surface area (Å²) in [5.74, 6) is 7.49. The molecule has 5 aromatic rings. The number of nitrogens with zero attached hydrogens (tertiary/aromatic N) is 5. The van der Waals surface area contributed by atoms with Gasteiger partial charge in [-0.1, -0.05) is 63.1 Å². The summed E-state index contributed by atoms with van der Waals surface area (Å²) in [7, 11) is 2.04. The third-order valence-corrected chi connectivity index (χ3v) is 6.14. The summed E-state index contributed by atoms with van der Waals surface area (Å²) in [6.45, 7) is 8.55. The summed E-state index contributed by atoms with van der Waals surface area (Å²) in [5, 5.41) is 9.30. The minimum absolute atomic E-state index is 0.135. The van der Waals surface area contributed by atoms with Crippen LogP contribution in [0.15, 0.2) is 73.1 Å². The van der Waals surface area contributed by atoms with Gasteiger partial charge in [0.05, 0.1) is 5.52 Å². The van der Waals surface area contributed by atoms with Crippen molar-refractivity contribution in [1.29, 1.82) is 0 Å². The fraction of sp³-hybridized carbons (Fsp3) is 0.207. The van der Waals surface area contributed by atoms with Gasteiger partial charge in [0.25, 0.3) is 5.78 Å². The van der Waals surface area contributed by atoms with E-state index in [0.717, 1.165) is 33.5 Å². The Labute approximate surface area is 200 Å². The quantitative estimate of drug-likeness (QED) is 0.302. The van der Waals surface area contributed by atoms with E-state index in [-0.39, 0.29) is 5.41 Å². The number of fused-ring (bicyclic) bond motifs is 3. The number of anilines is 2. The average molecular weight is 446 g/mol. The van der Waals surface area contributed by atoms with Gasteiger partial charge in [0.1, 0.15) is 12.1 Å². The predicted octanol–water partition coefficient (Wildman–Crippen LogP) is 6.38. The number of benzene rings is 3. The van der Waals surface area contributed by atoms with Crippen LogP contribution in [0, 0.1) is 11.8 Å². The van der Waals surface area contributed by atoms with E-state index in [2.05, 4.69) is 108 Å². The third kappa shape index (κ3) is 3.88. The largest absolute Gasteiger partial charge is 0.329 e. The molecule has 0 atom stereocenters. The highest BCUT2D eigenvalue weighted by Crippen LogP contribution is 2.33. The van der Waals surface area contributed by atoms with Crippen molar-refractivity contribution >= 4 is 28.2 Å². The molecule has 2 aromatic heterocycles. The fourth-order valence-electron chi connectivity index (χ4n) is 4.21. The Kier molecular flexibility index (Phi) is 5.30. The summed E-state index contributed by atoms with van der Waals surface area (Å²) in [4.78, 5) is 6.94. The molecule has 0 N–H and O–H groups in total. The molecular weight excluding hydrogens is 418 g/mol. The van der Waals surface area contributed by atoms with Crippen molar-refractivity contribution in [3.63, 3.8) is 0 Å². The second-order valence-corrected chi connectivity index (χ2v) is 9.48. The molecule has 0 aliphatic heterocycles. The Morgan fingerprint density at radius 2 is 1.71 bits per heavy atom. The minimum atomic E-state index is 0.135. The van der Waals surface area contributed by atoms with Crippen LogP contribution >= 0.6 is 0 Å². The molecule has 5 heteroatoms. The summed E-state index contributed by atoms with van der Waals surface area (Å²) >= 11 is 0. The van der Waals surface area contributed by atoms with Crippen molar-refractivity contribution < 1.29 is 0 Å². The Morgan fingerprint density at radius 1 is 0.912 bits per heavy atom. The molecule has 0 radical (unpaired) electrons. The maximum absolute atomic E-state index is 4.84. The summed E-state index contributed by atoms with van der Waals surface area (Å²) in [5.41, 5.74) is 6.80. The van der Waals surface area contributed by atoms with E-state index < -0.39 is 0 Å². The van der Waals surface area contributed by atoms with E-state index >= 15 is 0 Å². The van der Waals surface area contributed by atoms with Crippen LogP contribution in [-0.4, -0.2) is 26.6 Å². The van der Waals surface area contributed by atoms with E-state index in [1.54, 1.807) is 6.33 Å². The lowest BCUT2D eigenvalue weighted by molar-refractivity contribution is 0.590. The number of hydrogen-bond acceptors (Lipinski definition) is 4. The van der Waals surface area contributed by atoms with Crippen LogP contribution in [0.4, 0.5) is 11.5 Å². The van der Waals surface area contributed by atoms with Crippen molar-refractivity contribution in [2.75, 3.05) is 11.9 Å². The van der Waals surface area contributed by atoms with Crippen molar-refractivity contribution in [1.82, 2.24) is 19.6 Å². The summed E-state index contributed by atoms with van der Waals surface area (Å²) in [6, 6.07) is 23.5. The standard InChI is InChI=1S/C29H27N5/c1-6-8-20-11-16-25-26(17-20)34-19-30-32-28(34)31-27(25)33(5)24-10-7-9-22(18-24)21-12-14-23(15-13-21)29(2,3)4/h7,9-19H,1-5H3. The molecular formula is C29H27N5. The molecule has 2 heterocycles. The van der Waals surface area contributed by atoms with Crippen molar-refractivity contribution in [3.8, 4) is 23.0 Å². The number of rotatable bonds is 3. The van der Waals surface area contributed by atoms with Crippen molar-refractivity contribution in [3.05, 3.63) is 84.2 Å². The molecule has 0 unspecified atom stereocenters. The van der Waals surface area contributed by atoms with Gasteiger partial charge in [0.15, 0.2) is 0 Å². The van der Waals surface area contributed by atoms with Gasteiger partial charge >= 0.3 is 0 Å². The molecule has 0 spiro atoms. The van der Waals surface area contributed by atoms with E-state index in [1.807, 2.05) is 24.4 Å². The fourth-order valence-corrected chi connectivity index (χ4v) is 4.21. The molecule has 3 aromatic carbocycles. The predicted molar refractivity (Wildman–Crippen MR) is 139 cm³/mol. The Hall–Kier alpha value is -4.17. The first kappa shape index (κ1) is 21.7. The Morgan fingerprint density at radius 3 is 2.44 bits per heavy atom. The second kappa shape index (κ2) is 8.31. The lowest BCUT2D eigenvalue weighted by Gasteiger charge is -2.22. The van der Waals surface area contributed by atoms with E-state index in [4.69, 9.17) is 4.98 Å². The average Bonchev–Trinajstić information content (AvgIpc) is 3.32. The first-order valence-corrected chi connectivity index (χ1v) is 11.4. The maximum Gasteiger partial charge on any atom is 0.257 e. The molecule has 0 saturated heterocycles. The van der Waals surface area contributed by atoms with Gasteiger partial charge in [-0.3, -0.25) is 4.40 Å². The maximum atomic E-state index is 4.84. The molecule has 0 saturated carbocycles. The molecule has 0 bridgehead atoms. The van der Waals surface area contributed by atoms with Crippen LogP contribution in [-0.2, 0) is 5.41 Å². The molecule has 34 heavy (non-hydrogen) atoms. The van der Waals surface area contributed by atoms with Gasteiger partial charge in [-0.05, 0) is 59.4 Å². The van der Waals surface area contributed by atoms with Crippen LogP contribution in [0.3, 0.4) is 0 Å². The lowest BCUT2D eigenvalue weighted by atomic mass is 9.86. The van der Waals surface area contributed by atoms with Crippen LogP contribution in [0.2, 0.25) is 0 Å².